The predicted octanol–water partition coefficient (Wildman–Crippen LogP) is 5.85. The highest BCUT2D eigenvalue weighted by Crippen LogP contribution is 2.29. The Morgan fingerprint density at radius 1 is 0.919 bits per heavy atom. The Balaban J connectivity index is 1.27. The summed E-state index contributed by atoms with van der Waals surface area (Å²) in [6.07, 6.45) is 0.691. The molecule has 4 aromatic rings. The zero-order valence-corrected chi connectivity index (χ0v) is 21.3. The number of carbonyl (C=O) groups is 2. The second-order valence-electron chi connectivity index (χ2n) is 8.61. The molecule has 1 aliphatic rings. The van der Waals surface area contributed by atoms with Crippen molar-refractivity contribution in [1.29, 1.82) is 0 Å². The van der Waals surface area contributed by atoms with E-state index >= 15 is 0 Å². The van der Waals surface area contributed by atoms with Gasteiger partial charge in [0.05, 0.1) is 21.9 Å². The van der Waals surface area contributed by atoms with Gasteiger partial charge in [0.2, 0.25) is 5.88 Å². The summed E-state index contributed by atoms with van der Waals surface area (Å²) in [4.78, 5) is 31.6. The lowest BCUT2D eigenvalue weighted by molar-refractivity contribution is 0.0616. The standard InChI is InChI=1S/C26H23Cl2N5O4/c1-31-22-6-4-19(12-16(22)13-23(31)25(34)32-8-10-33(11-9-32)26(35)36)37-24-7-3-18(15-29-24)30-17-2-5-20(27)21(28)14-17/h2-7,12-15,30H,8-11H2,1H3,(H,35,36). The molecule has 0 unspecified atom stereocenters. The average Bonchev–Trinajstić information content (AvgIpc) is 3.22. The van der Waals surface area contributed by atoms with Crippen molar-refractivity contribution in [2.45, 2.75) is 0 Å². The van der Waals surface area contributed by atoms with Crippen molar-refractivity contribution in [1.82, 2.24) is 19.4 Å². The van der Waals surface area contributed by atoms with Crippen LogP contribution >= 0.6 is 23.2 Å². The maximum absolute atomic E-state index is 13.1. The van der Waals surface area contributed by atoms with E-state index in [9.17, 15) is 9.59 Å². The van der Waals surface area contributed by atoms with Gasteiger partial charge in [-0.25, -0.2) is 9.78 Å². The molecule has 0 bridgehead atoms. The van der Waals surface area contributed by atoms with E-state index in [1.807, 2.05) is 48.0 Å². The van der Waals surface area contributed by atoms with Gasteiger partial charge in [0.1, 0.15) is 11.4 Å². The zero-order valence-electron chi connectivity index (χ0n) is 19.8. The summed E-state index contributed by atoms with van der Waals surface area (Å²) in [5, 5.41) is 14.1. The highest BCUT2D eigenvalue weighted by atomic mass is 35.5. The van der Waals surface area contributed by atoms with Crippen LogP contribution in [0.5, 0.6) is 11.6 Å². The molecule has 190 valence electrons. The number of nitrogens with zero attached hydrogens (tertiary/aromatic N) is 4. The van der Waals surface area contributed by atoms with Crippen LogP contribution in [0.3, 0.4) is 0 Å². The topological polar surface area (TPSA) is 99.9 Å². The quantitative estimate of drug-likeness (QED) is 0.330. The van der Waals surface area contributed by atoms with Gasteiger partial charge >= 0.3 is 6.09 Å². The SMILES string of the molecule is Cn1c(C(=O)N2CCN(C(=O)O)CC2)cc2cc(Oc3ccc(Nc4ccc(Cl)c(Cl)c4)cn3)ccc21. The number of amides is 2. The first-order valence-electron chi connectivity index (χ1n) is 11.5. The van der Waals surface area contributed by atoms with Crippen LogP contribution in [0.15, 0.2) is 60.8 Å². The van der Waals surface area contributed by atoms with E-state index in [4.69, 9.17) is 33.0 Å². The molecule has 0 saturated carbocycles. The number of ether oxygens (including phenoxy) is 1. The van der Waals surface area contributed by atoms with Crippen molar-refractivity contribution in [3.8, 4) is 11.6 Å². The van der Waals surface area contributed by atoms with Gasteiger partial charge in [-0.3, -0.25) is 4.79 Å². The van der Waals surface area contributed by atoms with Crippen LogP contribution in [0.2, 0.25) is 10.0 Å². The third-order valence-electron chi connectivity index (χ3n) is 6.24. The van der Waals surface area contributed by atoms with Crippen molar-refractivity contribution >= 4 is 57.5 Å². The van der Waals surface area contributed by atoms with Crippen molar-refractivity contribution in [3.05, 3.63) is 76.5 Å². The number of rotatable bonds is 5. The summed E-state index contributed by atoms with van der Waals surface area (Å²) >= 11 is 12.0. The lowest BCUT2D eigenvalue weighted by Gasteiger charge is -2.33. The number of carbonyl (C=O) groups excluding carboxylic acids is 1. The first-order valence-corrected chi connectivity index (χ1v) is 12.3. The van der Waals surface area contributed by atoms with E-state index in [-0.39, 0.29) is 5.91 Å². The van der Waals surface area contributed by atoms with Crippen molar-refractivity contribution in [3.63, 3.8) is 0 Å². The normalized spacial score (nSPS) is 13.6. The average molecular weight is 540 g/mol. The summed E-state index contributed by atoms with van der Waals surface area (Å²) in [5.41, 5.74) is 2.96. The highest BCUT2D eigenvalue weighted by molar-refractivity contribution is 6.42. The fourth-order valence-electron chi connectivity index (χ4n) is 4.23. The number of piperazine rings is 1. The van der Waals surface area contributed by atoms with Crippen LogP contribution in [-0.2, 0) is 7.05 Å². The number of carboxylic acid groups (broad SMARTS) is 1. The Labute approximate surface area is 222 Å². The number of hydrogen-bond acceptors (Lipinski definition) is 5. The number of benzene rings is 2. The Hall–Kier alpha value is -3.95. The van der Waals surface area contributed by atoms with Gasteiger partial charge in [0.15, 0.2) is 0 Å². The summed E-state index contributed by atoms with van der Waals surface area (Å²) in [6.45, 7) is 1.33. The van der Waals surface area contributed by atoms with E-state index in [2.05, 4.69) is 10.3 Å². The lowest BCUT2D eigenvalue weighted by atomic mass is 10.2. The zero-order chi connectivity index (χ0) is 26.1. The number of hydrogen-bond donors (Lipinski definition) is 2. The van der Waals surface area contributed by atoms with E-state index in [1.165, 1.54) is 4.90 Å². The molecule has 0 atom stereocenters. The number of aryl methyl sites for hydroxylation is 1. The fraction of sp³-hybridized carbons (Fsp3) is 0.192. The second-order valence-corrected chi connectivity index (χ2v) is 9.43. The van der Waals surface area contributed by atoms with Gasteiger partial charge in [0, 0.05) is 55.9 Å². The molecule has 1 fully saturated rings. The Morgan fingerprint density at radius 2 is 1.65 bits per heavy atom. The number of anilines is 2. The third kappa shape index (κ3) is 5.28. The minimum atomic E-state index is -0.962. The number of fused-ring (bicyclic) bond motifs is 1. The maximum Gasteiger partial charge on any atom is 0.407 e. The van der Waals surface area contributed by atoms with E-state index < -0.39 is 6.09 Å². The van der Waals surface area contributed by atoms with Crippen LogP contribution < -0.4 is 10.1 Å². The fourth-order valence-corrected chi connectivity index (χ4v) is 4.53. The van der Waals surface area contributed by atoms with Crippen LogP contribution in [-0.4, -0.2) is 62.6 Å². The molecular formula is C26H23Cl2N5O4. The molecule has 37 heavy (non-hydrogen) atoms. The Bertz CT molecular complexity index is 1480. The maximum atomic E-state index is 13.1. The van der Waals surface area contributed by atoms with E-state index in [1.54, 1.807) is 29.3 Å². The minimum Gasteiger partial charge on any atom is -0.465 e. The molecule has 0 spiro atoms. The Morgan fingerprint density at radius 3 is 2.32 bits per heavy atom. The molecular weight excluding hydrogens is 517 g/mol. The lowest BCUT2D eigenvalue weighted by Crippen LogP contribution is -2.50. The molecule has 9 nitrogen and oxygen atoms in total. The van der Waals surface area contributed by atoms with E-state index in [0.29, 0.717) is 53.5 Å². The molecule has 2 aromatic carbocycles. The van der Waals surface area contributed by atoms with Gasteiger partial charge in [-0.2, -0.15) is 0 Å². The number of aromatic nitrogens is 2. The van der Waals surface area contributed by atoms with Gasteiger partial charge in [-0.15, -0.1) is 0 Å². The van der Waals surface area contributed by atoms with Gasteiger partial charge < -0.3 is 29.5 Å². The molecule has 2 amide bonds. The molecule has 11 heteroatoms. The van der Waals surface area contributed by atoms with Crippen molar-refractivity contribution < 1.29 is 19.4 Å². The second kappa shape index (κ2) is 10.2. The minimum absolute atomic E-state index is 0.127. The summed E-state index contributed by atoms with van der Waals surface area (Å²) in [5.74, 6) is 0.880. The van der Waals surface area contributed by atoms with Crippen LogP contribution in [0.1, 0.15) is 10.5 Å². The molecule has 5 rings (SSSR count). The molecule has 2 N–H and O–H groups in total. The molecule has 2 aromatic heterocycles. The van der Waals surface area contributed by atoms with Crippen LogP contribution in [0.4, 0.5) is 16.2 Å². The van der Waals surface area contributed by atoms with Crippen LogP contribution in [0.25, 0.3) is 10.9 Å². The summed E-state index contributed by atoms with van der Waals surface area (Å²) < 4.78 is 7.78. The number of halogens is 2. The van der Waals surface area contributed by atoms with Gasteiger partial charge in [-0.05, 0) is 48.5 Å². The van der Waals surface area contributed by atoms with Crippen LogP contribution in [0, 0.1) is 0 Å². The molecule has 1 saturated heterocycles. The van der Waals surface area contributed by atoms with E-state index in [0.717, 1.165) is 22.3 Å². The number of nitrogens with one attached hydrogen (secondary N) is 1. The third-order valence-corrected chi connectivity index (χ3v) is 6.98. The number of pyridine rings is 1. The molecule has 3 heterocycles. The Kier molecular flexibility index (Phi) is 6.82. The monoisotopic (exact) mass is 539 g/mol. The molecule has 0 aliphatic carbocycles. The molecule has 0 radical (unpaired) electrons. The predicted molar refractivity (Wildman–Crippen MR) is 142 cm³/mol. The highest BCUT2D eigenvalue weighted by Gasteiger charge is 2.26. The molecule has 1 aliphatic heterocycles. The summed E-state index contributed by atoms with van der Waals surface area (Å²) in [6, 6.07) is 16.3. The smallest absolute Gasteiger partial charge is 0.407 e. The van der Waals surface area contributed by atoms with Crippen molar-refractivity contribution in [2.24, 2.45) is 7.05 Å². The largest absolute Gasteiger partial charge is 0.465 e. The van der Waals surface area contributed by atoms with Gasteiger partial charge in [-0.1, -0.05) is 23.2 Å². The van der Waals surface area contributed by atoms with Gasteiger partial charge in [0.25, 0.3) is 5.91 Å². The first kappa shape index (κ1) is 24.7. The van der Waals surface area contributed by atoms with Crippen molar-refractivity contribution in [2.75, 3.05) is 31.5 Å². The first-order chi connectivity index (χ1) is 17.8. The summed E-state index contributed by atoms with van der Waals surface area (Å²) in [7, 11) is 1.84.